The lowest BCUT2D eigenvalue weighted by molar-refractivity contribution is -0.0333. The minimum absolute atomic E-state index is 0.116. The summed E-state index contributed by atoms with van der Waals surface area (Å²) in [4.78, 5) is 20.6. The molecule has 1 aromatic heterocycles. The van der Waals surface area contributed by atoms with Crippen LogP contribution in [0.2, 0.25) is 0 Å². The highest BCUT2D eigenvalue weighted by Crippen LogP contribution is 2.23. The zero-order valence-electron chi connectivity index (χ0n) is 21.2. The number of benzene rings is 2. The summed E-state index contributed by atoms with van der Waals surface area (Å²) in [5, 5.41) is 13.3. The van der Waals surface area contributed by atoms with Crippen molar-refractivity contribution < 1.29 is 14.2 Å². The second kappa shape index (κ2) is 12.6. The van der Waals surface area contributed by atoms with Gasteiger partial charge in [0.05, 0.1) is 18.1 Å². The van der Waals surface area contributed by atoms with E-state index in [0.717, 1.165) is 36.3 Å². The Labute approximate surface area is 216 Å². The van der Waals surface area contributed by atoms with Crippen molar-refractivity contribution in [3.05, 3.63) is 93.2 Å². The summed E-state index contributed by atoms with van der Waals surface area (Å²) in [6.07, 6.45) is 1.97. The van der Waals surface area contributed by atoms with Crippen LogP contribution in [0.3, 0.4) is 0 Å². The molecule has 7 nitrogen and oxygen atoms in total. The van der Waals surface area contributed by atoms with Gasteiger partial charge in [0.1, 0.15) is 6.67 Å². The smallest absolute Gasteiger partial charge is 0.293 e. The fraction of sp³-hybridized carbons (Fsp3) is 0.379. The van der Waals surface area contributed by atoms with Crippen molar-refractivity contribution in [3.8, 4) is 17.6 Å². The third-order valence-electron chi connectivity index (χ3n) is 6.64. The van der Waals surface area contributed by atoms with Gasteiger partial charge < -0.3 is 20.1 Å². The molecule has 8 heteroatoms. The number of nitrogens with one attached hydrogen (secondary N) is 2. The van der Waals surface area contributed by atoms with Crippen molar-refractivity contribution >= 4 is 0 Å². The van der Waals surface area contributed by atoms with Crippen LogP contribution >= 0.6 is 0 Å². The van der Waals surface area contributed by atoms with Gasteiger partial charge in [0.15, 0.2) is 0 Å². The first-order valence-corrected chi connectivity index (χ1v) is 12.5. The summed E-state index contributed by atoms with van der Waals surface area (Å²) in [5.41, 5.74) is 3.80. The van der Waals surface area contributed by atoms with Crippen LogP contribution in [0.4, 0.5) is 4.39 Å². The quantitative estimate of drug-likeness (QED) is 0.368. The predicted octanol–water partition coefficient (Wildman–Crippen LogP) is 2.98. The van der Waals surface area contributed by atoms with Crippen molar-refractivity contribution in [3.63, 3.8) is 0 Å². The number of hydrogen-bond acceptors (Lipinski definition) is 6. The van der Waals surface area contributed by atoms with Gasteiger partial charge in [-0.15, -0.1) is 0 Å². The molecule has 37 heavy (non-hydrogen) atoms. The summed E-state index contributed by atoms with van der Waals surface area (Å²) in [5.74, 6) is 5.92. The number of likely N-dealkylation sites (tertiary alicyclic amines) is 1. The normalized spacial score (nSPS) is 15.4. The lowest BCUT2D eigenvalue weighted by atomic mass is 9.92. The van der Waals surface area contributed by atoms with E-state index < -0.39 is 12.2 Å². The van der Waals surface area contributed by atoms with Crippen molar-refractivity contribution in [2.24, 2.45) is 0 Å². The molecule has 4 rings (SSSR count). The Morgan fingerprint density at radius 1 is 1.16 bits per heavy atom. The molecule has 0 aliphatic carbocycles. The number of aromatic nitrogens is 2. The van der Waals surface area contributed by atoms with Crippen molar-refractivity contribution in [2.45, 2.75) is 38.0 Å². The maximum absolute atomic E-state index is 13.0. The number of hydrogen-bond donors (Lipinski definition) is 3. The first-order chi connectivity index (χ1) is 17.9. The molecule has 2 heterocycles. The number of aromatic hydroxyl groups is 1. The number of rotatable bonds is 10. The van der Waals surface area contributed by atoms with Crippen molar-refractivity contribution in [1.29, 1.82) is 0 Å². The Morgan fingerprint density at radius 2 is 1.81 bits per heavy atom. The van der Waals surface area contributed by atoms with E-state index in [2.05, 4.69) is 44.2 Å². The summed E-state index contributed by atoms with van der Waals surface area (Å²) in [6, 6.07) is 15.9. The molecule has 0 saturated carbocycles. The lowest BCUT2D eigenvalue weighted by Crippen LogP contribution is -2.50. The van der Waals surface area contributed by atoms with Crippen LogP contribution < -0.4 is 10.9 Å². The summed E-state index contributed by atoms with van der Waals surface area (Å²) < 4.78 is 18.3. The molecule has 0 amide bonds. The summed E-state index contributed by atoms with van der Waals surface area (Å²) >= 11 is 0. The molecular formula is C29H33FN4O3. The van der Waals surface area contributed by atoms with E-state index in [1.807, 2.05) is 36.4 Å². The molecule has 0 spiro atoms. The van der Waals surface area contributed by atoms with Crippen LogP contribution in [0.15, 0.2) is 59.7 Å². The van der Waals surface area contributed by atoms with E-state index >= 15 is 0 Å². The molecule has 2 atom stereocenters. The van der Waals surface area contributed by atoms with Gasteiger partial charge in [-0.3, -0.25) is 9.69 Å². The van der Waals surface area contributed by atoms with Gasteiger partial charge in [-0.25, -0.2) is 9.37 Å². The second-order valence-electron chi connectivity index (χ2n) is 9.51. The van der Waals surface area contributed by atoms with Gasteiger partial charge in [0.2, 0.25) is 5.75 Å². The van der Waals surface area contributed by atoms with E-state index in [4.69, 9.17) is 4.74 Å². The van der Waals surface area contributed by atoms with E-state index in [1.165, 1.54) is 11.9 Å². The average molecular weight is 505 g/mol. The highest BCUT2D eigenvalue weighted by atomic mass is 19.1. The topological polar surface area (TPSA) is 90.5 Å². The van der Waals surface area contributed by atoms with Crippen LogP contribution in [0.25, 0.3) is 0 Å². The van der Waals surface area contributed by atoms with Crippen LogP contribution in [0.5, 0.6) is 5.75 Å². The minimum atomic E-state index is -0.576. The molecule has 1 aliphatic heterocycles. The highest BCUT2D eigenvalue weighted by molar-refractivity contribution is 5.44. The Bertz CT molecular complexity index is 1280. The first kappa shape index (κ1) is 26.6. The molecule has 1 saturated heterocycles. The molecule has 2 aromatic carbocycles. The number of ether oxygens (including phenoxy) is 1. The first-order valence-electron chi connectivity index (χ1n) is 12.5. The maximum atomic E-state index is 13.0. The number of alkyl halides is 1. The highest BCUT2D eigenvalue weighted by Gasteiger charge is 2.25. The molecule has 1 fully saturated rings. The molecule has 0 radical (unpaired) electrons. The van der Waals surface area contributed by atoms with Crippen LogP contribution in [0, 0.1) is 11.8 Å². The number of nitrogens with zero attached hydrogens (tertiary/aromatic N) is 2. The molecule has 2 unspecified atom stereocenters. The average Bonchev–Trinajstić information content (AvgIpc) is 2.90. The Hall–Kier alpha value is -3.51. The van der Waals surface area contributed by atoms with Crippen LogP contribution in [0.1, 0.15) is 40.8 Å². The van der Waals surface area contributed by atoms with E-state index in [1.54, 1.807) is 14.0 Å². The number of methoxy groups -OCH3 is 1. The fourth-order valence-electron chi connectivity index (χ4n) is 4.25. The molecule has 1 aliphatic rings. The van der Waals surface area contributed by atoms with Crippen LogP contribution in [-0.4, -0.2) is 65.5 Å². The maximum Gasteiger partial charge on any atom is 0.293 e. The molecule has 0 bridgehead atoms. The predicted molar refractivity (Wildman–Crippen MR) is 141 cm³/mol. The van der Waals surface area contributed by atoms with Gasteiger partial charge in [0.25, 0.3) is 5.56 Å². The molecule has 3 aromatic rings. The second-order valence-corrected chi connectivity index (χ2v) is 9.51. The molecular weight excluding hydrogens is 471 g/mol. The standard InChI is InChI=1S/C29H33FN4O3/c1-20(14-30)31-15-25(13-27-28(35)29(36)33-19-32-27)24-11-9-22(10-12-24)4-3-21-5-7-23(8-6-21)16-34-17-26(18-34)37-2/h5-12,19-20,25-26,31,35H,13-18H2,1-2H3,(H,32,33,36). The number of halogens is 1. The molecule has 194 valence electrons. The third-order valence-corrected chi connectivity index (χ3v) is 6.64. The lowest BCUT2D eigenvalue weighted by Gasteiger charge is -2.38. The fourth-order valence-corrected chi connectivity index (χ4v) is 4.25. The Morgan fingerprint density at radius 3 is 2.43 bits per heavy atom. The van der Waals surface area contributed by atoms with E-state index in [0.29, 0.717) is 24.8 Å². The number of aromatic amines is 1. The van der Waals surface area contributed by atoms with Crippen molar-refractivity contribution in [1.82, 2.24) is 20.2 Å². The van der Waals surface area contributed by atoms with Gasteiger partial charge in [-0.2, -0.15) is 0 Å². The Kier molecular flexibility index (Phi) is 9.07. The monoisotopic (exact) mass is 504 g/mol. The SMILES string of the molecule is COC1CN(Cc2ccc(C#Cc3ccc(C(CNC(C)CF)Cc4nc[nH]c(=O)c4O)cc3)cc2)C1. The van der Waals surface area contributed by atoms with Gasteiger partial charge in [-0.1, -0.05) is 36.1 Å². The zero-order chi connectivity index (χ0) is 26.2. The molecule has 3 N–H and O–H groups in total. The van der Waals surface area contributed by atoms with Gasteiger partial charge >= 0.3 is 0 Å². The van der Waals surface area contributed by atoms with Gasteiger partial charge in [-0.05, 0) is 42.3 Å². The van der Waals surface area contributed by atoms with Crippen molar-refractivity contribution in [2.75, 3.05) is 33.4 Å². The number of H-pyrrole nitrogens is 1. The van der Waals surface area contributed by atoms with E-state index in [9.17, 15) is 14.3 Å². The summed E-state index contributed by atoms with van der Waals surface area (Å²) in [7, 11) is 1.76. The zero-order valence-corrected chi connectivity index (χ0v) is 21.2. The largest absolute Gasteiger partial charge is 0.502 e. The summed E-state index contributed by atoms with van der Waals surface area (Å²) in [6.45, 7) is 4.62. The van der Waals surface area contributed by atoms with E-state index in [-0.39, 0.29) is 17.7 Å². The Balaban J connectivity index is 1.42. The van der Waals surface area contributed by atoms with Crippen LogP contribution in [-0.2, 0) is 17.7 Å². The third kappa shape index (κ3) is 7.26. The van der Waals surface area contributed by atoms with Gasteiger partial charge in [0, 0.05) is 62.8 Å². The minimum Gasteiger partial charge on any atom is -0.502 e.